The Morgan fingerprint density at radius 3 is 1.66 bits per heavy atom. The van der Waals surface area contributed by atoms with E-state index >= 15 is 0 Å². The SMILES string of the molecule is C=C(C)C(=O)OCCOC(=O)c1ccc(Oc2ccc(C(=O)O)c(C(=O)OCCOC(=O)C(C)C)c2)cc1C(=O)O. The highest BCUT2D eigenvalue weighted by atomic mass is 16.6. The number of rotatable bonds is 14. The molecule has 0 spiro atoms. The van der Waals surface area contributed by atoms with Gasteiger partial charge in [-0.25, -0.2) is 24.0 Å². The number of esters is 4. The zero-order valence-electron chi connectivity index (χ0n) is 22.5. The number of carboxylic acid groups (broad SMARTS) is 2. The Bertz CT molecular complexity index is 1360. The third-order valence-corrected chi connectivity index (χ3v) is 5.05. The molecule has 0 bridgehead atoms. The maximum atomic E-state index is 12.6. The molecule has 218 valence electrons. The topological polar surface area (TPSA) is 189 Å². The van der Waals surface area contributed by atoms with Gasteiger partial charge in [0, 0.05) is 5.57 Å². The van der Waals surface area contributed by atoms with E-state index in [0.29, 0.717) is 0 Å². The first-order valence-electron chi connectivity index (χ1n) is 12.1. The second-order valence-electron chi connectivity index (χ2n) is 8.64. The summed E-state index contributed by atoms with van der Waals surface area (Å²) in [7, 11) is 0. The van der Waals surface area contributed by atoms with Gasteiger partial charge in [-0.3, -0.25) is 4.79 Å². The van der Waals surface area contributed by atoms with E-state index in [1.165, 1.54) is 19.1 Å². The van der Waals surface area contributed by atoms with Crippen LogP contribution in [-0.4, -0.2) is 72.5 Å². The quantitative estimate of drug-likeness (QED) is 0.145. The minimum absolute atomic E-state index is 0.0424. The van der Waals surface area contributed by atoms with Crippen molar-refractivity contribution in [3.05, 3.63) is 70.8 Å². The summed E-state index contributed by atoms with van der Waals surface area (Å²) in [6, 6.07) is 6.85. The first-order valence-corrected chi connectivity index (χ1v) is 12.1. The summed E-state index contributed by atoms with van der Waals surface area (Å²) >= 11 is 0. The second-order valence-corrected chi connectivity index (χ2v) is 8.64. The third-order valence-electron chi connectivity index (χ3n) is 5.05. The molecule has 0 aliphatic carbocycles. The lowest BCUT2D eigenvalue weighted by Gasteiger charge is -2.13. The largest absolute Gasteiger partial charge is 0.478 e. The molecule has 0 unspecified atom stereocenters. The Hall–Kier alpha value is -5.20. The Morgan fingerprint density at radius 1 is 0.683 bits per heavy atom. The summed E-state index contributed by atoms with van der Waals surface area (Å²) < 4.78 is 25.3. The van der Waals surface area contributed by atoms with Crippen LogP contribution < -0.4 is 4.74 Å². The van der Waals surface area contributed by atoms with Crippen molar-refractivity contribution in [2.24, 2.45) is 5.92 Å². The molecule has 2 N–H and O–H groups in total. The monoisotopic (exact) mass is 572 g/mol. The van der Waals surface area contributed by atoms with Crippen molar-refractivity contribution in [3.63, 3.8) is 0 Å². The third kappa shape index (κ3) is 9.49. The van der Waals surface area contributed by atoms with Gasteiger partial charge in [0.15, 0.2) is 0 Å². The van der Waals surface area contributed by atoms with Crippen molar-refractivity contribution in [1.82, 2.24) is 0 Å². The lowest BCUT2D eigenvalue weighted by Crippen LogP contribution is -2.18. The molecule has 0 aromatic heterocycles. The summed E-state index contributed by atoms with van der Waals surface area (Å²) in [6.45, 7) is 6.97. The zero-order valence-corrected chi connectivity index (χ0v) is 22.5. The van der Waals surface area contributed by atoms with Gasteiger partial charge < -0.3 is 33.9 Å². The molecule has 0 amide bonds. The summed E-state index contributed by atoms with van der Waals surface area (Å²) in [4.78, 5) is 71.2. The van der Waals surface area contributed by atoms with Crippen LogP contribution in [0.4, 0.5) is 0 Å². The van der Waals surface area contributed by atoms with E-state index in [4.69, 9.17) is 23.7 Å². The standard InChI is InChI=1S/C28H28O13/c1-15(2)25(33)37-9-11-39-27(35)20-8-6-17(13-21(20)24(31)32)41-18-5-7-19(23(29)30)22(14-18)28(36)40-12-10-38-26(34)16(3)4/h5-8,13-14,16H,1,9-12H2,2-4H3,(H,29,30)(H,31,32). The average molecular weight is 573 g/mol. The zero-order chi connectivity index (χ0) is 30.7. The van der Waals surface area contributed by atoms with Gasteiger partial charge in [0.2, 0.25) is 0 Å². The van der Waals surface area contributed by atoms with Crippen LogP contribution in [-0.2, 0) is 28.5 Å². The van der Waals surface area contributed by atoms with Crippen LogP contribution in [0.1, 0.15) is 62.2 Å². The summed E-state index contributed by atoms with van der Waals surface area (Å²) in [5, 5.41) is 19.0. The number of aromatic carboxylic acids is 2. The molecule has 0 aliphatic heterocycles. The van der Waals surface area contributed by atoms with Crippen molar-refractivity contribution in [1.29, 1.82) is 0 Å². The molecule has 13 nitrogen and oxygen atoms in total. The van der Waals surface area contributed by atoms with Gasteiger partial charge in [0.05, 0.1) is 28.2 Å². The molecular formula is C28H28O13. The molecule has 0 atom stereocenters. The Morgan fingerprint density at radius 2 is 1.15 bits per heavy atom. The van der Waals surface area contributed by atoms with Crippen molar-refractivity contribution < 1.29 is 62.7 Å². The van der Waals surface area contributed by atoms with Crippen molar-refractivity contribution in [2.45, 2.75) is 20.8 Å². The Kier molecular flexibility index (Phi) is 11.6. The number of benzene rings is 2. The molecule has 0 radical (unpaired) electrons. The maximum absolute atomic E-state index is 12.6. The van der Waals surface area contributed by atoms with Crippen LogP contribution in [0.25, 0.3) is 0 Å². The normalized spacial score (nSPS) is 10.3. The molecule has 2 rings (SSSR count). The minimum Gasteiger partial charge on any atom is -0.478 e. The van der Waals surface area contributed by atoms with Gasteiger partial charge in [0.1, 0.15) is 37.9 Å². The van der Waals surface area contributed by atoms with Crippen LogP contribution >= 0.6 is 0 Å². The van der Waals surface area contributed by atoms with E-state index in [0.717, 1.165) is 24.3 Å². The van der Waals surface area contributed by atoms with Crippen molar-refractivity contribution in [2.75, 3.05) is 26.4 Å². The predicted molar refractivity (Wildman–Crippen MR) is 139 cm³/mol. The first-order chi connectivity index (χ1) is 19.3. The number of carbonyl (C=O) groups is 6. The molecule has 2 aromatic carbocycles. The van der Waals surface area contributed by atoms with Crippen LogP contribution in [0.2, 0.25) is 0 Å². The van der Waals surface area contributed by atoms with E-state index in [1.54, 1.807) is 13.8 Å². The molecule has 0 saturated heterocycles. The average Bonchev–Trinajstić information content (AvgIpc) is 2.92. The van der Waals surface area contributed by atoms with E-state index < -0.39 is 41.4 Å². The highest BCUT2D eigenvalue weighted by molar-refractivity contribution is 6.03. The highest BCUT2D eigenvalue weighted by Gasteiger charge is 2.22. The summed E-state index contributed by atoms with van der Waals surface area (Å²) in [5.41, 5.74) is -1.37. The maximum Gasteiger partial charge on any atom is 0.339 e. The second kappa shape index (κ2) is 14.8. The molecule has 0 saturated carbocycles. The van der Waals surface area contributed by atoms with Gasteiger partial charge in [0.25, 0.3) is 0 Å². The molecular weight excluding hydrogens is 544 g/mol. The molecule has 0 aliphatic rings. The number of carbonyl (C=O) groups excluding carboxylic acids is 4. The van der Waals surface area contributed by atoms with Crippen LogP contribution in [0.5, 0.6) is 11.5 Å². The smallest absolute Gasteiger partial charge is 0.339 e. The minimum atomic E-state index is -1.47. The lowest BCUT2D eigenvalue weighted by molar-refractivity contribution is -0.148. The fraction of sp³-hybridized carbons (Fsp3) is 0.286. The van der Waals surface area contributed by atoms with E-state index in [2.05, 4.69) is 6.58 Å². The number of carboxylic acids is 2. The Balaban J connectivity index is 2.16. The Labute approximate surface area is 234 Å². The van der Waals surface area contributed by atoms with E-state index in [1.807, 2.05) is 0 Å². The molecule has 41 heavy (non-hydrogen) atoms. The number of ether oxygens (including phenoxy) is 5. The molecule has 0 fully saturated rings. The highest BCUT2D eigenvalue weighted by Crippen LogP contribution is 2.27. The van der Waals surface area contributed by atoms with Crippen LogP contribution in [0.3, 0.4) is 0 Å². The molecule has 13 heteroatoms. The van der Waals surface area contributed by atoms with Crippen LogP contribution in [0, 0.1) is 5.92 Å². The van der Waals surface area contributed by atoms with Gasteiger partial charge in [-0.2, -0.15) is 0 Å². The number of hydrogen-bond donors (Lipinski definition) is 2. The lowest BCUT2D eigenvalue weighted by atomic mass is 10.1. The van der Waals surface area contributed by atoms with Gasteiger partial charge in [-0.15, -0.1) is 0 Å². The fourth-order valence-electron chi connectivity index (χ4n) is 3.01. The number of hydrogen-bond acceptors (Lipinski definition) is 11. The van der Waals surface area contributed by atoms with Gasteiger partial charge >= 0.3 is 35.8 Å². The summed E-state index contributed by atoms with van der Waals surface area (Å²) in [6.07, 6.45) is 0. The first kappa shape index (κ1) is 32.0. The fourth-order valence-corrected chi connectivity index (χ4v) is 3.01. The predicted octanol–water partition coefficient (Wildman–Crippen LogP) is 3.51. The molecule has 0 heterocycles. The summed E-state index contributed by atoms with van der Waals surface area (Å²) in [5.74, 6) is -6.54. The van der Waals surface area contributed by atoms with Crippen LogP contribution in [0.15, 0.2) is 48.6 Å². The van der Waals surface area contributed by atoms with E-state index in [9.17, 15) is 39.0 Å². The van der Waals surface area contributed by atoms with E-state index in [-0.39, 0.29) is 66.1 Å². The van der Waals surface area contributed by atoms with Gasteiger partial charge in [-0.1, -0.05) is 20.4 Å². The van der Waals surface area contributed by atoms with Crippen molar-refractivity contribution >= 4 is 35.8 Å². The molecule has 2 aromatic rings. The van der Waals surface area contributed by atoms with Gasteiger partial charge in [-0.05, 0) is 43.3 Å². The van der Waals surface area contributed by atoms with Crippen molar-refractivity contribution in [3.8, 4) is 11.5 Å².